The lowest BCUT2D eigenvalue weighted by atomic mass is 10.0. The summed E-state index contributed by atoms with van der Waals surface area (Å²) in [6.45, 7) is 8.72. The smallest absolute Gasteiger partial charge is 0.365 e. The van der Waals surface area contributed by atoms with Crippen LogP contribution in [0.5, 0.6) is 5.75 Å². The molecule has 0 saturated heterocycles. The molecule has 2 aromatic carbocycles. The predicted octanol–water partition coefficient (Wildman–Crippen LogP) is 5.06. The Bertz CT molecular complexity index is 748. The Balaban J connectivity index is 1.97. The number of carbonyl (C=O) groups excluding carboxylic acids is 1. The van der Waals surface area contributed by atoms with Crippen molar-refractivity contribution in [3.8, 4) is 5.75 Å². The summed E-state index contributed by atoms with van der Waals surface area (Å²) in [5.41, 5.74) is 4.44. The van der Waals surface area contributed by atoms with E-state index in [1.165, 1.54) is 11.1 Å². The average molecular weight is 339 g/mol. The molecule has 0 heterocycles. The van der Waals surface area contributed by atoms with E-state index in [2.05, 4.69) is 19.0 Å². The van der Waals surface area contributed by atoms with Gasteiger partial charge in [-0.05, 0) is 74.2 Å². The summed E-state index contributed by atoms with van der Waals surface area (Å²) in [4.78, 5) is 17.2. The third-order valence-corrected chi connectivity index (χ3v) is 4.05. The lowest BCUT2D eigenvalue weighted by molar-refractivity contribution is 0.0516. The Labute approximate surface area is 149 Å². The fraction of sp³-hybridized carbons (Fsp3) is 0.333. The normalized spacial score (nSPS) is 11.3. The van der Waals surface area contributed by atoms with Crippen molar-refractivity contribution in [3.63, 3.8) is 0 Å². The van der Waals surface area contributed by atoms with Crippen molar-refractivity contribution in [3.05, 3.63) is 64.7 Å². The van der Waals surface area contributed by atoms with E-state index in [9.17, 15) is 4.79 Å². The van der Waals surface area contributed by atoms with Crippen LogP contribution < -0.4 is 4.74 Å². The molecule has 0 bridgehead atoms. The van der Waals surface area contributed by atoms with Gasteiger partial charge in [0.25, 0.3) is 0 Å². The third-order valence-electron chi connectivity index (χ3n) is 4.05. The number of nitrogens with zero attached hydrogens (tertiary/aromatic N) is 1. The molecular weight excluding hydrogens is 314 g/mol. The second kappa shape index (κ2) is 9.02. The minimum Gasteiger partial charge on any atom is -0.494 e. The van der Waals surface area contributed by atoms with E-state index in [0.29, 0.717) is 17.9 Å². The largest absolute Gasteiger partial charge is 0.494 e. The maximum Gasteiger partial charge on any atom is 0.365 e. The zero-order valence-corrected chi connectivity index (χ0v) is 15.3. The van der Waals surface area contributed by atoms with Crippen LogP contribution >= 0.6 is 0 Å². The standard InChI is InChI=1S/C21H25NO3/c1-5-6-13-24-20-11-9-18(10-12-20)21(23)25-22-17(4)19-8-7-15(2)16(3)14-19/h7-12,14H,5-6,13H2,1-4H3/b22-17+. The summed E-state index contributed by atoms with van der Waals surface area (Å²) in [5.74, 6) is 0.267. The van der Waals surface area contributed by atoms with Gasteiger partial charge in [0.15, 0.2) is 0 Å². The Morgan fingerprint density at radius 3 is 2.32 bits per heavy atom. The number of unbranched alkanes of at least 4 members (excludes halogenated alkanes) is 1. The van der Waals surface area contributed by atoms with E-state index in [-0.39, 0.29) is 0 Å². The van der Waals surface area contributed by atoms with Crippen molar-refractivity contribution < 1.29 is 14.4 Å². The van der Waals surface area contributed by atoms with Crippen molar-refractivity contribution in [2.24, 2.45) is 5.16 Å². The number of oxime groups is 1. The van der Waals surface area contributed by atoms with Gasteiger partial charge in [-0.2, -0.15) is 0 Å². The van der Waals surface area contributed by atoms with E-state index in [1.54, 1.807) is 24.3 Å². The molecular formula is C21H25NO3. The minimum atomic E-state index is -0.483. The van der Waals surface area contributed by atoms with E-state index in [1.807, 2.05) is 32.0 Å². The summed E-state index contributed by atoms with van der Waals surface area (Å²) in [6, 6.07) is 12.9. The lowest BCUT2D eigenvalue weighted by Crippen LogP contribution is -2.04. The van der Waals surface area contributed by atoms with Crippen LogP contribution in [-0.4, -0.2) is 18.3 Å². The number of aryl methyl sites for hydroxylation is 2. The topological polar surface area (TPSA) is 47.9 Å². The van der Waals surface area contributed by atoms with Gasteiger partial charge in [0.1, 0.15) is 5.75 Å². The van der Waals surface area contributed by atoms with E-state index < -0.39 is 5.97 Å². The molecule has 25 heavy (non-hydrogen) atoms. The quantitative estimate of drug-likeness (QED) is 0.306. The molecule has 0 aliphatic carbocycles. The van der Waals surface area contributed by atoms with Crippen LogP contribution in [0.4, 0.5) is 0 Å². The first-order valence-corrected chi connectivity index (χ1v) is 8.57. The zero-order chi connectivity index (χ0) is 18.2. The SMILES string of the molecule is CCCCOc1ccc(C(=O)O/N=C(\C)c2ccc(C)c(C)c2)cc1. The molecule has 0 unspecified atom stereocenters. The highest BCUT2D eigenvalue weighted by atomic mass is 16.7. The third kappa shape index (κ3) is 5.45. The van der Waals surface area contributed by atoms with E-state index >= 15 is 0 Å². The lowest BCUT2D eigenvalue weighted by Gasteiger charge is -2.06. The number of hydrogen-bond acceptors (Lipinski definition) is 4. The van der Waals surface area contributed by atoms with Crippen molar-refractivity contribution >= 4 is 11.7 Å². The Hall–Kier alpha value is -2.62. The Kier molecular flexibility index (Phi) is 6.75. The Morgan fingerprint density at radius 1 is 1.00 bits per heavy atom. The summed E-state index contributed by atoms with van der Waals surface area (Å²) < 4.78 is 5.58. The highest BCUT2D eigenvalue weighted by Gasteiger charge is 2.08. The van der Waals surface area contributed by atoms with Crippen LogP contribution in [0.15, 0.2) is 47.6 Å². The molecule has 4 heteroatoms. The highest BCUT2D eigenvalue weighted by molar-refractivity contribution is 5.99. The maximum atomic E-state index is 12.1. The maximum absolute atomic E-state index is 12.1. The molecule has 0 aliphatic heterocycles. The van der Waals surface area contributed by atoms with Gasteiger partial charge in [0.2, 0.25) is 0 Å². The molecule has 132 valence electrons. The number of hydrogen-bond donors (Lipinski definition) is 0. The number of ether oxygens (including phenoxy) is 1. The van der Waals surface area contributed by atoms with Crippen LogP contribution in [0, 0.1) is 13.8 Å². The summed E-state index contributed by atoms with van der Waals surface area (Å²) in [6.07, 6.45) is 2.10. The van der Waals surface area contributed by atoms with Gasteiger partial charge in [-0.25, -0.2) is 4.79 Å². The molecule has 0 aliphatic rings. The molecule has 0 fully saturated rings. The van der Waals surface area contributed by atoms with E-state index in [0.717, 1.165) is 24.2 Å². The monoisotopic (exact) mass is 339 g/mol. The van der Waals surface area contributed by atoms with Gasteiger partial charge < -0.3 is 9.57 Å². The molecule has 0 saturated carbocycles. The number of carbonyl (C=O) groups is 1. The first-order valence-electron chi connectivity index (χ1n) is 8.57. The molecule has 0 aromatic heterocycles. The fourth-order valence-corrected chi connectivity index (χ4v) is 2.20. The van der Waals surface area contributed by atoms with Crippen molar-refractivity contribution in [1.29, 1.82) is 0 Å². The molecule has 4 nitrogen and oxygen atoms in total. The van der Waals surface area contributed by atoms with Crippen LogP contribution in [-0.2, 0) is 4.84 Å². The minimum absolute atomic E-state index is 0.444. The van der Waals surface area contributed by atoms with Gasteiger partial charge >= 0.3 is 5.97 Å². The second-order valence-corrected chi connectivity index (χ2v) is 6.08. The molecule has 0 atom stereocenters. The van der Waals surface area contributed by atoms with Gasteiger partial charge in [0, 0.05) is 0 Å². The highest BCUT2D eigenvalue weighted by Crippen LogP contribution is 2.14. The zero-order valence-electron chi connectivity index (χ0n) is 15.3. The van der Waals surface area contributed by atoms with Gasteiger partial charge in [-0.1, -0.05) is 30.6 Å². The van der Waals surface area contributed by atoms with Crippen molar-refractivity contribution in [2.45, 2.75) is 40.5 Å². The van der Waals surface area contributed by atoms with Gasteiger partial charge in [-0.3, -0.25) is 0 Å². The van der Waals surface area contributed by atoms with Crippen LogP contribution in [0.3, 0.4) is 0 Å². The summed E-state index contributed by atoms with van der Waals surface area (Å²) >= 11 is 0. The molecule has 2 aromatic rings. The summed E-state index contributed by atoms with van der Waals surface area (Å²) in [7, 11) is 0. The number of benzene rings is 2. The molecule has 2 rings (SSSR count). The van der Waals surface area contributed by atoms with Crippen LogP contribution in [0.2, 0.25) is 0 Å². The van der Waals surface area contributed by atoms with Crippen LogP contribution in [0.1, 0.15) is 53.7 Å². The molecule has 0 radical (unpaired) electrons. The van der Waals surface area contributed by atoms with Crippen LogP contribution in [0.25, 0.3) is 0 Å². The van der Waals surface area contributed by atoms with Gasteiger partial charge in [-0.15, -0.1) is 0 Å². The fourth-order valence-electron chi connectivity index (χ4n) is 2.20. The predicted molar refractivity (Wildman–Crippen MR) is 100 cm³/mol. The average Bonchev–Trinajstić information content (AvgIpc) is 2.62. The van der Waals surface area contributed by atoms with Gasteiger partial charge in [0.05, 0.1) is 17.9 Å². The van der Waals surface area contributed by atoms with Crippen molar-refractivity contribution in [2.75, 3.05) is 6.61 Å². The second-order valence-electron chi connectivity index (χ2n) is 6.08. The van der Waals surface area contributed by atoms with Crippen molar-refractivity contribution in [1.82, 2.24) is 0 Å². The Morgan fingerprint density at radius 2 is 1.68 bits per heavy atom. The first-order chi connectivity index (χ1) is 12.0. The summed E-state index contributed by atoms with van der Waals surface area (Å²) in [5, 5.41) is 3.96. The van der Waals surface area contributed by atoms with E-state index in [4.69, 9.17) is 9.57 Å². The molecule has 0 spiro atoms. The first kappa shape index (κ1) is 18.7. The molecule has 0 N–H and O–H groups in total. The number of rotatable bonds is 7. The molecule has 0 amide bonds.